The molecule has 2 saturated carbocycles. The molecule has 0 spiro atoms. The second kappa shape index (κ2) is 6.14. The predicted molar refractivity (Wildman–Crippen MR) is 106 cm³/mol. The van der Waals surface area contributed by atoms with Crippen molar-refractivity contribution < 1.29 is 19.1 Å². The van der Waals surface area contributed by atoms with Crippen molar-refractivity contribution in [1.82, 2.24) is 0 Å². The van der Waals surface area contributed by atoms with Gasteiger partial charge in [0.1, 0.15) is 0 Å². The molecule has 0 aliphatic heterocycles. The van der Waals surface area contributed by atoms with Gasteiger partial charge < -0.3 is 4.74 Å². The van der Waals surface area contributed by atoms with Gasteiger partial charge in [0.25, 0.3) is 0 Å². The number of ketones is 2. The van der Waals surface area contributed by atoms with E-state index in [2.05, 4.69) is 26.8 Å². The first-order valence-electron chi connectivity index (χ1n) is 10.7. The number of carbonyl (C=O) groups is 3. The Balaban J connectivity index is 1.79. The molecule has 152 valence electrons. The molecule has 0 aromatic heterocycles. The number of carbonyl (C=O) groups excluding carboxylic acids is 3. The van der Waals surface area contributed by atoms with Gasteiger partial charge in [0.15, 0.2) is 17.2 Å². The molecular weight excluding hydrogens is 352 g/mol. The van der Waals surface area contributed by atoms with Crippen LogP contribution >= 0.6 is 0 Å². The third-order valence-corrected chi connectivity index (χ3v) is 8.84. The summed E-state index contributed by atoms with van der Waals surface area (Å²) in [6.07, 6.45) is 9.20. The number of rotatable bonds is 2. The normalized spacial score (nSPS) is 44.6. The van der Waals surface area contributed by atoms with Crippen LogP contribution in [0.25, 0.3) is 0 Å². The molecule has 4 heteroatoms. The average Bonchev–Trinajstić information content (AvgIpc) is 2.90. The maximum Gasteiger partial charge on any atom is 0.303 e. The van der Waals surface area contributed by atoms with Crippen LogP contribution in [0.5, 0.6) is 0 Å². The minimum Gasteiger partial charge on any atom is -0.451 e. The highest BCUT2D eigenvalue weighted by molar-refractivity contribution is 5.92. The maximum atomic E-state index is 12.8. The van der Waals surface area contributed by atoms with Crippen LogP contribution in [0.4, 0.5) is 0 Å². The van der Waals surface area contributed by atoms with E-state index in [1.54, 1.807) is 6.92 Å². The number of allylic oxidation sites excluding steroid dienone is 4. The lowest BCUT2D eigenvalue weighted by atomic mass is 9.47. The lowest BCUT2D eigenvalue weighted by Gasteiger charge is -2.58. The number of ether oxygens (including phenoxy) is 1. The smallest absolute Gasteiger partial charge is 0.303 e. The summed E-state index contributed by atoms with van der Waals surface area (Å²) in [7, 11) is 0. The van der Waals surface area contributed by atoms with E-state index in [0.717, 1.165) is 25.7 Å². The molecular formula is C24H32O4. The van der Waals surface area contributed by atoms with Gasteiger partial charge in [0.2, 0.25) is 0 Å². The molecule has 0 radical (unpaired) electrons. The minimum absolute atomic E-state index is 0.0160. The Labute approximate surface area is 167 Å². The fourth-order valence-corrected chi connectivity index (χ4v) is 7.48. The van der Waals surface area contributed by atoms with Crippen molar-refractivity contribution in [3.05, 3.63) is 23.3 Å². The molecule has 0 aromatic rings. The molecule has 4 rings (SSSR count). The van der Waals surface area contributed by atoms with Gasteiger partial charge >= 0.3 is 5.97 Å². The molecule has 4 nitrogen and oxygen atoms in total. The number of fused-ring (bicyclic) bond motifs is 5. The number of Topliss-reactive ketones (excluding diaryl/α,β-unsaturated/α-hetero) is 1. The average molecular weight is 385 g/mol. The van der Waals surface area contributed by atoms with Crippen LogP contribution in [-0.2, 0) is 19.1 Å². The van der Waals surface area contributed by atoms with Gasteiger partial charge in [-0.25, -0.2) is 0 Å². The zero-order chi connectivity index (χ0) is 20.5. The third kappa shape index (κ3) is 2.39. The number of hydrogen-bond acceptors (Lipinski definition) is 4. The number of esters is 1. The van der Waals surface area contributed by atoms with E-state index in [4.69, 9.17) is 4.74 Å². The Morgan fingerprint density at radius 3 is 2.39 bits per heavy atom. The van der Waals surface area contributed by atoms with Gasteiger partial charge in [-0.3, -0.25) is 14.4 Å². The van der Waals surface area contributed by atoms with E-state index in [0.29, 0.717) is 30.6 Å². The Morgan fingerprint density at radius 1 is 1.07 bits per heavy atom. The summed E-state index contributed by atoms with van der Waals surface area (Å²) in [5.74, 6) is 1.03. The summed E-state index contributed by atoms with van der Waals surface area (Å²) in [6.45, 7) is 9.63. The van der Waals surface area contributed by atoms with Gasteiger partial charge in [-0.15, -0.1) is 0 Å². The van der Waals surface area contributed by atoms with Gasteiger partial charge in [0.05, 0.1) is 0 Å². The maximum absolute atomic E-state index is 12.8. The van der Waals surface area contributed by atoms with E-state index >= 15 is 0 Å². The molecule has 2 fully saturated rings. The molecule has 0 unspecified atom stereocenters. The van der Waals surface area contributed by atoms with Crippen molar-refractivity contribution in [2.24, 2.45) is 28.6 Å². The van der Waals surface area contributed by atoms with Crippen LogP contribution in [-0.4, -0.2) is 23.1 Å². The molecule has 0 heterocycles. The van der Waals surface area contributed by atoms with Crippen LogP contribution in [0.3, 0.4) is 0 Å². The fourth-order valence-electron chi connectivity index (χ4n) is 7.48. The minimum atomic E-state index is -0.990. The second-order valence-electron chi connectivity index (χ2n) is 10.1. The van der Waals surface area contributed by atoms with Crippen LogP contribution < -0.4 is 0 Å². The van der Waals surface area contributed by atoms with Crippen molar-refractivity contribution in [2.75, 3.05) is 0 Å². The van der Waals surface area contributed by atoms with E-state index in [1.807, 2.05) is 6.08 Å². The Morgan fingerprint density at radius 2 is 1.75 bits per heavy atom. The van der Waals surface area contributed by atoms with E-state index in [1.165, 1.54) is 18.1 Å². The summed E-state index contributed by atoms with van der Waals surface area (Å²) in [5.41, 5.74) is 1.15. The van der Waals surface area contributed by atoms with Crippen LogP contribution in [0.1, 0.15) is 73.1 Å². The number of hydrogen-bond donors (Lipinski definition) is 0. The molecule has 0 bridgehead atoms. The molecule has 28 heavy (non-hydrogen) atoms. The third-order valence-electron chi connectivity index (χ3n) is 8.84. The largest absolute Gasteiger partial charge is 0.451 e. The lowest BCUT2D eigenvalue weighted by Crippen LogP contribution is -2.58. The van der Waals surface area contributed by atoms with Crippen molar-refractivity contribution in [1.29, 1.82) is 0 Å². The SMILES string of the molecule is CC(=O)O[C@@]1(C(C)=O)CC[C@H]2[C@@H]3C=C(C)C4=CC(=O)CC[C@]4(C)[C@@H]3CC[C@@]21C. The lowest BCUT2D eigenvalue weighted by molar-refractivity contribution is -0.185. The highest BCUT2D eigenvalue weighted by Crippen LogP contribution is 2.67. The first-order valence-corrected chi connectivity index (χ1v) is 10.7. The van der Waals surface area contributed by atoms with Crippen molar-refractivity contribution in [3.63, 3.8) is 0 Å². The van der Waals surface area contributed by atoms with E-state index < -0.39 is 5.60 Å². The van der Waals surface area contributed by atoms with E-state index in [-0.39, 0.29) is 28.4 Å². The molecule has 4 aliphatic carbocycles. The van der Waals surface area contributed by atoms with Crippen LogP contribution in [0, 0.1) is 28.6 Å². The second-order valence-corrected chi connectivity index (χ2v) is 10.1. The van der Waals surface area contributed by atoms with Crippen molar-refractivity contribution in [2.45, 2.75) is 78.7 Å². The zero-order valence-electron chi connectivity index (χ0n) is 17.8. The van der Waals surface area contributed by atoms with E-state index in [9.17, 15) is 14.4 Å². The topological polar surface area (TPSA) is 60.4 Å². The summed E-state index contributed by atoms with van der Waals surface area (Å²) >= 11 is 0. The molecule has 0 N–H and O–H groups in total. The monoisotopic (exact) mass is 384 g/mol. The molecule has 6 atom stereocenters. The fraction of sp³-hybridized carbons (Fsp3) is 0.708. The van der Waals surface area contributed by atoms with Crippen molar-refractivity contribution >= 4 is 17.5 Å². The zero-order valence-corrected chi connectivity index (χ0v) is 17.8. The van der Waals surface area contributed by atoms with Crippen LogP contribution in [0.2, 0.25) is 0 Å². The first kappa shape index (κ1) is 19.6. The van der Waals surface area contributed by atoms with Gasteiger partial charge in [0, 0.05) is 18.8 Å². The molecule has 0 amide bonds. The molecule has 0 saturated heterocycles. The van der Waals surface area contributed by atoms with Gasteiger partial charge in [-0.2, -0.15) is 0 Å². The Bertz CT molecular complexity index is 820. The highest BCUT2D eigenvalue weighted by atomic mass is 16.6. The Hall–Kier alpha value is -1.71. The highest BCUT2D eigenvalue weighted by Gasteiger charge is 2.67. The van der Waals surface area contributed by atoms with Crippen molar-refractivity contribution in [3.8, 4) is 0 Å². The summed E-state index contributed by atoms with van der Waals surface area (Å²) in [4.78, 5) is 36.8. The summed E-state index contributed by atoms with van der Waals surface area (Å²) < 4.78 is 5.82. The van der Waals surface area contributed by atoms with Gasteiger partial charge in [-0.1, -0.05) is 25.5 Å². The summed E-state index contributed by atoms with van der Waals surface area (Å²) in [6, 6.07) is 0. The quantitative estimate of drug-likeness (QED) is 0.654. The van der Waals surface area contributed by atoms with Gasteiger partial charge in [-0.05, 0) is 80.8 Å². The Kier molecular flexibility index (Phi) is 4.30. The standard InChI is InChI=1S/C24H32O4/c1-14-12-18-19(22(4)9-6-17(27)13-21(14)22)7-10-23(5)20(18)8-11-24(23,15(2)25)28-16(3)26/h12-13,18-20H,6-11H2,1-5H3/t18-,19-,20+,22-,23+,24-/m1/s1. The predicted octanol–water partition coefficient (Wildman–Crippen LogP) is 4.58. The first-order chi connectivity index (χ1) is 13.0. The molecule has 4 aliphatic rings. The van der Waals surface area contributed by atoms with Crippen LogP contribution in [0.15, 0.2) is 23.3 Å². The molecule has 0 aromatic carbocycles. The summed E-state index contributed by atoms with van der Waals surface area (Å²) in [5, 5.41) is 0.